The number of benzene rings is 1. The first-order valence-corrected chi connectivity index (χ1v) is 9.53. The zero-order valence-corrected chi connectivity index (χ0v) is 16.0. The molecule has 1 aliphatic heterocycles. The van der Waals surface area contributed by atoms with Crippen molar-refractivity contribution in [3.05, 3.63) is 48.4 Å². The van der Waals surface area contributed by atoms with Gasteiger partial charge in [0.15, 0.2) is 0 Å². The van der Waals surface area contributed by atoms with Gasteiger partial charge in [-0.1, -0.05) is 12.1 Å². The Labute approximate surface area is 165 Å². The number of rotatable bonds is 11. The molecule has 0 amide bonds. The van der Waals surface area contributed by atoms with Gasteiger partial charge in [-0.15, -0.1) is 0 Å². The van der Waals surface area contributed by atoms with Gasteiger partial charge < -0.3 is 29.9 Å². The van der Waals surface area contributed by atoms with Gasteiger partial charge in [-0.2, -0.15) is 0 Å². The number of β-amino-alcohol motifs (C(OH)–C–C–N with tert-alkyl or cyclic N) is 1. The highest BCUT2D eigenvalue weighted by Gasteiger charge is 2.36. The highest BCUT2D eigenvalue weighted by atomic mass is 16.5. The van der Waals surface area contributed by atoms with Crippen LogP contribution >= 0.6 is 0 Å². The first-order chi connectivity index (χ1) is 13.7. The number of aromatic nitrogens is 2. The SMILES string of the molecule is OCCOCCOc1ccc(CNC[C@@]2(O)CCN(c3cnccn3)C2)cc1. The van der Waals surface area contributed by atoms with Gasteiger partial charge >= 0.3 is 0 Å². The lowest BCUT2D eigenvalue weighted by atomic mass is 10.0. The molecule has 28 heavy (non-hydrogen) atoms. The molecule has 1 aromatic carbocycles. The van der Waals surface area contributed by atoms with Crippen LogP contribution in [0.15, 0.2) is 42.9 Å². The fraction of sp³-hybridized carbons (Fsp3) is 0.500. The van der Waals surface area contributed by atoms with Gasteiger partial charge in [-0.05, 0) is 24.1 Å². The van der Waals surface area contributed by atoms with Crippen molar-refractivity contribution >= 4 is 5.82 Å². The van der Waals surface area contributed by atoms with E-state index in [1.54, 1.807) is 18.6 Å². The van der Waals surface area contributed by atoms with E-state index in [0.717, 1.165) is 23.7 Å². The number of nitrogens with zero attached hydrogens (tertiary/aromatic N) is 3. The van der Waals surface area contributed by atoms with Crippen LogP contribution in [-0.4, -0.2) is 71.8 Å². The van der Waals surface area contributed by atoms with Crippen LogP contribution in [0.2, 0.25) is 0 Å². The van der Waals surface area contributed by atoms with Crippen molar-refractivity contribution in [1.29, 1.82) is 0 Å². The Hall–Kier alpha value is -2.26. The molecule has 8 heteroatoms. The molecule has 3 N–H and O–H groups in total. The van der Waals surface area contributed by atoms with Gasteiger partial charge in [0.1, 0.15) is 18.2 Å². The monoisotopic (exact) mass is 388 g/mol. The third-order valence-corrected chi connectivity index (χ3v) is 4.64. The molecule has 152 valence electrons. The van der Waals surface area contributed by atoms with Crippen molar-refractivity contribution in [1.82, 2.24) is 15.3 Å². The van der Waals surface area contributed by atoms with Gasteiger partial charge in [-0.25, -0.2) is 4.98 Å². The molecule has 0 spiro atoms. The topological polar surface area (TPSA) is 100.0 Å². The smallest absolute Gasteiger partial charge is 0.147 e. The van der Waals surface area contributed by atoms with Gasteiger partial charge in [0.2, 0.25) is 0 Å². The summed E-state index contributed by atoms with van der Waals surface area (Å²) in [6, 6.07) is 7.84. The third-order valence-electron chi connectivity index (χ3n) is 4.64. The van der Waals surface area contributed by atoms with Crippen molar-refractivity contribution < 1.29 is 19.7 Å². The summed E-state index contributed by atoms with van der Waals surface area (Å²) in [5, 5.41) is 22.8. The molecule has 0 unspecified atom stereocenters. The second-order valence-corrected chi connectivity index (χ2v) is 6.89. The number of anilines is 1. The first-order valence-electron chi connectivity index (χ1n) is 9.53. The van der Waals surface area contributed by atoms with E-state index in [2.05, 4.69) is 20.2 Å². The average Bonchev–Trinajstić information content (AvgIpc) is 3.12. The van der Waals surface area contributed by atoms with Gasteiger partial charge in [0.25, 0.3) is 0 Å². The summed E-state index contributed by atoms with van der Waals surface area (Å²) in [6.07, 6.45) is 5.73. The number of aliphatic hydroxyl groups excluding tert-OH is 1. The number of hydrogen-bond acceptors (Lipinski definition) is 8. The molecule has 0 aliphatic carbocycles. The molecule has 0 saturated carbocycles. The summed E-state index contributed by atoms with van der Waals surface area (Å²) < 4.78 is 10.7. The minimum absolute atomic E-state index is 0.0230. The van der Waals surface area contributed by atoms with E-state index >= 15 is 0 Å². The van der Waals surface area contributed by atoms with E-state index < -0.39 is 5.60 Å². The molecule has 2 aromatic rings. The predicted molar refractivity (Wildman–Crippen MR) is 105 cm³/mol. The van der Waals surface area contributed by atoms with E-state index in [0.29, 0.717) is 45.9 Å². The third kappa shape index (κ3) is 6.13. The van der Waals surface area contributed by atoms with Crippen LogP contribution in [0.5, 0.6) is 5.75 Å². The molecule has 8 nitrogen and oxygen atoms in total. The van der Waals surface area contributed by atoms with Crippen molar-refractivity contribution in [2.24, 2.45) is 0 Å². The highest BCUT2D eigenvalue weighted by Crippen LogP contribution is 2.24. The summed E-state index contributed by atoms with van der Waals surface area (Å²) in [7, 11) is 0. The second kappa shape index (κ2) is 10.3. The fourth-order valence-corrected chi connectivity index (χ4v) is 3.18. The molecule has 2 heterocycles. The molecule has 1 aliphatic rings. The Morgan fingerprint density at radius 1 is 1.14 bits per heavy atom. The van der Waals surface area contributed by atoms with E-state index in [1.807, 2.05) is 24.3 Å². The predicted octanol–water partition coefficient (Wildman–Crippen LogP) is 0.595. The zero-order chi connectivity index (χ0) is 19.7. The standard InChI is InChI=1S/C20H28N4O4/c25-9-10-27-11-12-28-18-3-1-17(2-4-18)13-22-15-20(26)5-8-24(16-20)19-14-21-6-7-23-19/h1-4,6-7,14,22,25-26H,5,8-13,15-16H2/t20-/m0/s1. The van der Waals surface area contributed by atoms with Crippen molar-refractivity contribution in [3.63, 3.8) is 0 Å². The number of hydrogen-bond donors (Lipinski definition) is 3. The number of aliphatic hydroxyl groups is 2. The lowest BCUT2D eigenvalue weighted by Crippen LogP contribution is -2.43. The van der Waals surface area contributed by atoms with E-state index in [-0.39, 0.29) is 6.61 Å². The molecule has 0 bridgehead atoms. The summed E-state index contributed by atoms with van der Waals surface area (Å²) in [6.45, 7) is 3.76. The minimum Gasteiger partial charge on any atom is -0.491 e. The van der Waals surface area contributed by atoms with Gasteiger partial charge in [-0.3, -0.25) is 4.98 Å². The Balaban J connectivity index is 1.38. The molecule has 1 aromatic heterocycles. The Kier molecular flexibility index (Phi) is 7.55. The summed E-state index contributed by atoms with van der Waals surface area (Å²) in [5.41, 5.74) is 0.353. The van der Waals surface area contributed by atoms with E-state index in [1.165, 1.54) is 0 Å². The zero-order valence-electron chi connectivity index (χ0n) is 16.0. The first kappa shape index (κ1) is 20.5. The molecule has 0 radical (unpaired) electrons. The molecular formula is C20H28N4O4. The molecular weight excluding hydrogens is 360 g/mol. The Morgan fingerprint density at radius 3 is 2.75 bits per heavy atom. The number of ether oxygens (including phenoxy) is 2. The quantitative estimate of drug-likeness (QED) is 0.481. The second-order valence-electron chi connectivity index (χ2n) is 6.89. The van der Waals surface area contributed by atoms with Crippen LogP contribution in [-0.2, 0) is 11.3 Å². The van der Waals surface area contributed by atoms with Crippen molar-refractivity contribution in [2.45, 2.75) is 18.6 Å². The summed E-state index contributed by atoms with van der Waals surface area (Å²) in [5.74, 6) is 1.58. The minimum atomic E-state index is -0.769. The van der Waals surface area contributed by atoms with Crippen LogP contribution < -0.4 is 15.0 Å². The maximum atomic E-state index is 10.8. The Bertz CT molecular complexity index is 701. The van der Waals surface area contributed by atoms with Crippen LogP contribution in [0.3, 0.4) is 0 Å². The summed E-state index contributed by atoms with van der Waals surface area (Å²) >= 11 is 0. The maximum absolute atomic E-state index is 10.8. The summed E-state index contributed by atoms with van der Waals surface area (Å²) in [4.78, 5) is 10.4. The van der Waals surface area contributed by atoms with Crippen LogP contribution in [0.25, 0.3) is 0 Å². The fourth-order valence-electron chi connectivity index (χ4n) is 3.18. The lowest BCUT2D eigenvalue weighted by Gasteiger charge is -2.24. The molecule has 3 rings (SSSR count). The van der Waals surface area contributed by atoms with Gasteiger partial charge in [0.05, 0.1) is 31.6 Å². The molecule has 1 saturated heterocycles. The van der Waals surface area contributed by atoms with Crippen LogP contribution in [0.4, 0.5) is 5.82 Å². The van der Waals surface area contributed by atoms with E-state index in [4.69, 9.17) is 14.6 Å². The molecule has 1 atom stereocenters. The lowest BCUT2D eigenvalue weighted by molar-refractivity contribution is 0.0626. The average molecular weight is 388 g/mol. The van der Waals surface area contributed by atoms with Gasteiger partial charge in [0, 0.05) is 38.6 Å². The Morgan fingerprint density at radius 2 is 2.00 bits per heavy atom. The maximum Gasteiger partial charge on any atom is 0.147 e. The normalized spacial score (nSPS) is 19.1. The van der Waals surface area contributed by atoms with Crippen LogP contribution in [0.1, 0.15) is 12.0 Å². The van der Waals surface area contributed by atoms with E-state index in [9.17, 15) is 5.11 Å². The van der Waals surface area contributed by atoms with Crippen molar-refractivity contribution in [3.8, 4) is 5.75 Å². The van der Waals surface area contributed by atoms with Crippen LogP contribution in [0, 0.1) is 0 Å². The highest BCUT2D eigenvalue weighted by molar-refractivity contribution is 5.38. The largest absolute Gasteiger partial charge is 0.491 e. The molecule has 1 fully saturated rings. The van der Waals surface area contributed by atoms with Crippen molar-refractivity contribution in [2.75, 3.05) is 51.0 Å². The number of nitrogens with one attached hydrogen (secondary N) is 1.